The van der Waals surface area contributed by atoms with Crippen LogP contribution in [0.2, 0.25) is 0 Å². The summed E-state index contributed by atoms with van der Waals surface area (Å²) in [6.45, 7) is 2.04. The summed E-state index contributed by atoms with van der Waals surface area (Å²) in [6.07, 6.45) is 0. The number of thiocarbonyl (C=S) groups is 1. The number of nitro benzene ring substituents is 2. The fraction of sp³-hybridized carbons (Fsp3) is 0.211. The molecule has 0 radical (unpaired) electrons. The lowest BCUT2D eigenvalue weighted by Crippen LogP contribution is -2.39. The number of thiazole rings is 1. The van der Waals surface area contributed by atoms with E-state index in [0.717, 1.165) is 11.3 Å². The van der Waals surface area contributed by atoms with Crippen LogP contribution in [0.15, 0.2) is 36.4 Å². The number of ether oxygens (including phenoxy) is 1. The van der Waals surface area contributed by atoms with Crippen LogP contribution in [0.3, 0.4) is 0 Å². The molecule has 1 aliphatic rings. The Morgan fingerprint density at radius 3 is 2.45 bits per heavy atom. The fourth-order valence-corrected chi connectivity index (χ4v) is 4.44. The van der Waals surface area contributed by atoms with Crippen LogP contribution in [0.4, 0.5) is 22.2 Å². The number of hydrogen-bond acceptors (Lipinski definition) is 10. The van der Waals surface area contributed by atoms with Crippen molar-refractivity contribution < 1.29 is 19.4 Å². The number of nitro groups is 2. The average molecular weight is 489 g/mol. The third kappa shape index (κ3) is 5.02. The monoisotopic (exact) mass is 488 g/mol. The van der Waals surface area contributed by atoms with Crippen LogP contribution in [0.1, 0.15) is 10.4 Å². The predicted molar refractivity (Wildman–Crippen MR) is 126 cm³/mol. The van der Waals surface area contributed by atoms with Crippen molar-refractivity contribution >= 4 is 67.0 Å². The molecule has 2 aromatic carbocycles. The third-order valence-electron chi connectivity index (χ3n) is 4.82. The minimum absolute atomic E-state index is 0.0603. The second-order valence-electron chi connectivity index (χ2n) is 6.89. The van der Waals surface area contributed by atoms with Gasteiger partial charge in [0.1, 0.15) is 0 Å². The Bertz CT molecular complexity index is 1270. The smallest absolute Gasteiger partial charge is 0.270 e. The zero-order valence-electron chi connectivity index (χ0n) is 16.8. The average Bonchev–Trinajstić information content (AvgIpc) is 3.20. The lowest BCUT2D eigenvalue weighted by atomic mass is 10.1. The number of nitrogens with zero attached hydrogens (tertiary/aromatic N) is 4. The summed E-state index contributed by atoms with van der Waals surface area (Å²) in [5.74, 6) is -0.616. The maximum absolute atomic E-state index is 13.0. The summed E-state index contributed by atoms with van der Waals surface area (Å²) < 4.78 is 5.91. The van der Waals surface area contributed by atoms with E-state index < -0.39 is 15.8 Å². The topological polar surface area (TPSA) is 153 Å². The normalized spacial score (nSPS) is 13.5. The first-order chi connectivity index (χ1) is 15.8. The van der Waals surface area contributed by atoms with Gasteiger partial charge in [-0.1, -0.05) is 11.3 Å². The van der Waals surface area contributed by atoms with Crippen molar-refractivity contribution in [3.63, 3.8) is 0 Å². The number of non-ortho nitro benzene ring substituents is 2. The van der Waals surface area contributed by atoms with Gasteiger partial charge >= 0.3 is 0 Å². The van der Waals surface area contributed by atoms with Crippen molar-refractivity contribution in [2.24, 2.45) is 0 Å². The molecular formula is C19H16N6O6S2. The molecule has 33 heavy (non-hydrogen) atoms. The van der Waals surface area contributed by atoms with Gasteiger partial charge in [-0.25, -0.2) is 4.98 Å². The van der Waals surface area contributed by atoms with Crippen LogP contribution in [0.5, 0.6) is 0 Å². The molecule has 1 aliphatic heterocycles. The van der Waals surface area contributed by atoms with E-state index >= 15 is 0 Å². The zero-order chi connectivity index (χ0) is 23.5. The molecule has 2 heterocycles. The standard InChI is InChI=1S/C19H16N6O6S2/c26-17(13-9-11(24(27)28)2-4-15(13)23-5-7-31-8-6-23)21-18(32)22-19-20-14-3-1-12(25(29)30)10-16(14)33-19/h1-4,9-10H,5-8H2,(H2,20,21,22,26,32). The molecule has 0 atom stereocenters. The number of benzene rings is 2. The summed E-state index contributed by atoms with van der Waals surface area (Å²) in [4.78, 5) is 40.3. The summed E-state index contributed by atoms with van der Waals surface area (Å²) >= 11 is 6.35. The van der Waals surface area contributed by atoms with Crippen molar-refractivity contribution in [3.8, 4) is 0 Å². The molecule has 14 heteroatoms. The van der Waals surface area contributed by atoms with Crippen LogP contribution in [0.25, 0.3) is 10.2 Å². The van der Waals surface area contributed by atoms with Gasteiger partial charge in [0.05, 0.1) is 44.5 Å². The number of rotatable bonds is 5. The molecule has 2 N–H and O–H groups in total. The Morgan fingerprint density at radius 1 is 1.09 bits per heavy atom. The lowest BCUT2D eigenvalue weighted by Gasteiger charge is -2.30. The van der Waals surface area contributed by atoms with Gasteiger partial charge in [0.25, 0.3) is 17.3 Å². The number of nitrogens with one attached hydrogen (secondary N) is 2. The maximum atomic E-state index is 13.0. The van der Waals surface area contributed by atoms with Crippen molar-refractivity contribution in [2.75, 3.05) is 36.5 Å². The molecule has 0 unspecified atom stereocenters. The van der Waals surface area contributed by atoms with Crippen molar-refractivity contribution in [2.45, 2.75) is 0 Å². The number of fused-ring (bicyclic) bond motifs is 1. The van der Waals surface area contributed by atoms with Gasteiger partial charge in [0.15, 0.2) is 10.2 Å². The number of amides is 1. The van der Waals surface area contributed by atoms with E-state index in [0.29, 0.717) is 47.3 Å². The number of aromatic nitrogens is 1. The van der Waals surface area contributed by atoms with E-state index in [1.54, 1.807) is 0 Å². The van der Waals surface area contributed by atoms with Gasteiger partial charge in [-0.3, -0.25) is 30.3 Å². The molecule has 0 bridgehead atoms. The van der Waals surface area contributed by atoms with Gasteiger partial charge in [0.2, 0.25) is 0 Å². The van der Waals surface area contributed by atoms with Crippen molar-refractivity contribution in [1.29, 1.82) is 0 Å². The quantitative estimate of drug-likeness (QED) is 0.311. The molecule has 3 aromatic rings. The number of anilines is 2. The molecule has 1 saturated heterocycles. The highest BCUT2D eigenvalue weighted by atomic mass is 32.1. The largest absolute Gasteiger partial charge is 0.378 e. The number of carbonyl (C=O) groups is 1. The van der Waals surface area contributed by atoms with Gasteiger partial charge in [-0.15, -0.1) is 0 Å². The summed E-state index contributed by atoms with van der Waals surface area (Å²) in [5, 5.41) is 27.8. The molecule has 1 fully saturated rings. The second-order valence-corrected chi connectivity index (χ2v) is 8.33. The SMILES string of the molecule is O=C(NC(=S)Nc1nc2ccc([N+](=O)[O-])cc2s1)c1cc([N+](=O)[O-])ccc1N1CCOCC1. The van der Waals surface area contributed by atoms with Crippen LogP contribution in [-0.2, 0) is 4.74 Å². The van der Waals surface area contributed by atoms with Crippen molar-refractivity contribution in [3.05, 3.63) is 62.2 Å². The molecule has 4 rings (SSSR count). The first-order valence-corrected chi connectivity index (χ1v) is 10.8. The van der Waals surface area contributed by atoms with Crippen LogP contribution >= 0.6 is 23.6 Å². The van der Waals surface area contributed by atoms with Crippen LogP contribution in [-0.4, -0.2) is 52.2 Å². The third-order valence-corrected chi connectivity index (χ3v) is 5.96. The van der Waals surface area contributed by atoms with Gasteiger partial charge in [-0.05, 0) is 24.4 Å². The van der Waals surface area contributed by atoms with Crippen LogP contribution in [0, 0.1) is 20.2 Å². The molecular weight excluding hydrogens is 472 g/mol. The van der Waals surface area contributed by atoms with Gasteiger partial charge in [-0.2, -0.15) is 0 Å². The fourth-order valence-electron chi connectivity index (χ4n) is 3.28. The van der Waals surface area contributed by atoms with E-state index in [1.165, 1.54) is 36.4 Å². The molecule has 170 valence electrons. The first-order valence-electron chi connectivity index (χ1n) is 9.60. The molecule has 0 spiro atoms. The minimum atomic E-state index is -0.616. The molecule has 0 saturated carbocycles. The number of carbonyl (C=O) groups excluding carboxylic acids is 1. The van der Waals surface area contributed by atoms with Gasteiger partial charge < -0.3 is 15.0 Å². The molecule has 12 nitrogen and oxygen atoms in total. The number of morpholine rings is 1. The Morgan fingerprint density at radius 2 is 1.76 bits per heavy atom. The highest BCUT2D eigenvalue weighted by molar-refractivity contribution is 7.80. The first kappa shape index (κ1) is 22.4. The molecule has 0 aliphatic carbocycles. The predicted octanol–water partition coefficient (Wildman–Crippen LogP) is 3.08. The van der Waals surface area contributed by atoms with E-state index in [-0.39, 0.29) is 22.1 Å². The molecule has 1 aromatic heterocycles. The Hall–Kier alpha value is -3.75. The van der Waals surface area contributed by atoms with Crippen LogP contribution < -0.4 is 15.5 Å². The van der Waals surface area contributed by atoms with E-state index in [4.69, 9.17) is 17.0 Å². The zero-order valence-corrected chi connectivity index (χ0v) is 18.5. The Kier molecular flexibility index (Phi) is 6.39. The Labute approximate surface area is 195 Å². The van der Waals surface area contributed by atoms with E-state index in [9.17, 15) is 25.0 Å². The maximum Gasteiger partial charge on any atom is 0.270 e. The lowest BCUT2D eigenvalue weighted by molar-refractivity contribution is -0.385. The van der Waals surface area contributed by atoms with E-state index in [2.05, 4.69) is 15.6 Å². The second kappa shape index (κ2) is 9.40. The summed E-state index contributed by atoms with van der Waals surface area (Å²) in [6, 6.07) is 8.36. The molecule has 1 amide bonds. The summed E-state index contributed by atoms with van der Waals surface area (Å²) in [7, 11) is 0. The number of hydrogen-bond donors (Lipinski definition) is 2. The van der Waals surface area contributed by atoms with Gasteiger partial charge in [0, 0.05) is 37.4 Å². The highest BCUT2D eigenvalue weighted by Gasteiger charge is 2.23. The highest BCUT2D eigenvalue weighted by Crippen LogP contribution is 2.29. The van der Waals surface area contributed by atoms with E-state index in [1.807, 2.05) is 4.90 Å². The Balaban J connectivity index is 1.53. The summed E-state index contributed by atoms with van der Waals surface area (Å²) in [5.41, 5.74) is 0.904. The van der Waals surface area contributed by atoms with Crippen molar-refractivity contribution in [1.82, 2.24) is 10.3 Å². The minimum Gasteiger partial charge on any atom is -0.378 e.